The molecule has 3 aromatic carbocycles. The zero-order valence-corrected chi connectivity index (χ0v) is 16.7. The minimum Gasteiger partial charge on any atom is -0.508 e. The first kappa shape index (κ1) is 18.7. The van der Waals surface area contributed by atoms with E-state index in [-0.39, 0.29) is 11.9 Å². The smallest absolute Gasteiger partial charge is 0.410 e. The third kappa shape index (κ3) is 3.12. The van der Waals surface area contributed by atoms with E-state index < -0.39 is 12.2 Å². The molecule has 1 atom stereocenters. The SMILES string of the molecule is CN(CC1OCCc2cccc(O)c21)C(=O)OC1c2ccccc2-c2ccccc21. The first-order chi connectivity index (χ1) is 14.6. The van der Waals surface area contributed by atoms with E-state index in [1.807, 2.05) is 48.5 Å². The number of nitrogens with zero attached hydrogens (tertiary/aromatic N) is 1. The Hall–Kier alpha value is -3.31. The van der Waals surface area contributed by atoms with E-state index in [2.05, 4.69) is 12.1 Å². The van der Waals surface area contributed by atoms with Crippen molar-refractivity contribution in [2.24, 2.45) is 0 Å². The third-order valence-corrected chi connectivity index (χ3v) is 5.93. The lowest BCUT2D eigenvalue weighted by Gasteiger charge is -2.30. The number of phenolic OH excluding ortho intramolecular Hbond substituents is 1. The Bertz CT molecular complexity index is 1060. The van der Waals surface area contributed by atoms with Gasteiger partial charge >= 0.3 is 6.09 Å². The van der Waals surface area contributed by atoms with Crippen LogP contribution in [0.1, 0.15) is 34.5 Å². The number of rotatable bonds is 3. The van der Waals surface area contributed by atoms with E-state index in [0.29, 0.717) is 13.2 Å². The minimum absolute atomic E-state index is 0.206. The number of likely N-dealkylation sites (N-methyl/N-ethyl adjacent to an activating group) is 1. The van der Waals surface area contributed by atoms with E-state index in [1.165, 1.54) is 4.90 Å². The molecular weight excluding hydrogens is 378 g/mol. The van der Waals surface area contributed by atoms with Gasteiger partial charge in [-0.1, -0.05) is 60.7 Å². The number of benzene rings is 3. The maximum Gasteiger partial charge on any atom is 0.410 e. The first-order valence-electron chi connectivity index (χ1n) is 10.2. The summed E-state index contributed by atoms with van der Waals surface area (Å²) in [5, 5.41) is 10.3. The molecular formula is C25H23NO4. The minimum atomic E-state index is -0.430. The van der Waals surface area contributed by atoms with Gasteiger partial charge in [0.05, 0.1) is 13.2 Å². The number of carbonyl (C=O) groups is 1. The molecule has 5 heteroatoms. The molecule has 1 unspecified atom stereocenters. The van der Waals surface area contributed by atoms with Crippen LogP contribution in [0.5, 0.6) is 5.75 Å². The Morgan fingerprint density at radius 2 is 1.70 bits per heavy atom. The lowest BCUT2D eigenvalue weighted by molar-refractivity contribution is 0.0129. The predicted molar refractivity (Wildman–Crippen MR) is 113 cm³/mol. The van der Waals surface area contributed by atoms with E-state index in [0.717, 1.165) is 39.8 Å². The van der Waals surface area contributed by atoms with Crippen LogP contribution in [-0.2, 0) is 15.9 Å². The molecule has 0 radical (unpaired) electrons. The van der Waals surface area contributed by atoms with Gasteiger partial charge in [0.2, 0.25) is 0 Å². The number of ether oxygens (including phenoxy) is 2. The molecule has 1 aliphatic carbocycles. The second-order valence-electron chi connectivity index (χ2n) is 7.78. The van der Waals surface area contributed by atoms with Gasteiger partial charge in [0.1, 0.15) is 11.9 Å². The molecule has 0 spiro atoms. The molecule has 1 N–H and O–H groups in total. The van der Waals surface area contributed by atoms with Crippen molar-refractivity contribution in [3.63, 3.8) is 0 Å². The second kappa shape index (κ2) is 7.50. The summed E-state index contributed by atoms with van der Waals surface area (Å²) < 4.78 is 11.8. The van der Waals surface area contributed by atoms with Gasteiger partial charge in [-0.05, 0) is 29.2 Å². The number of aromatic hydroxyl groups is 1. The third-order valence-electron chi connectivity index (χ3n) is 5.93. The Kier molecular flexibility index (Phi) is 4.68. The largest absolute Gasteiger partial charge is 0.508 e. The molecule has 5 rings (SSSR count). The van der Waals surface area contributed by atoms with Gasteiger partial charge in [0, 0.05) is 23.7 Å². The van der Waals surface area contributed by atoms with E-state index in [9.17, 15) is 9.90 Å². The van der Waals surface area contributed by atoms with E-state index in [1.54, 1.807) is 13.1 Å². The van der Waals surface area contributed by atoms with Crippen LogP contribution < -0.4 is 0 Å². The van der Waals surface area contributed by atoms with Crippen LogP contribution in [0.25, 0.3) is 11.1 Å². The van der Waals surface area contributed by atoms with Crippen molar-refractivity contribution in [3.8, 4) is 16.9 Å². The van der Waals surface area contributed by atoms with Gasteiger partial charge in [0.15, 0.2) is 6.10 Å². The molecule has 3 aromatic rings. The number of amides is 1. The van der Waals surface area contributed by atoms with Crippen molar-refractivity contribution in [3.05, 3.63) is 89.0 Å². The highest BCUT2D eigenvalue weighted by molar-refractivity contribution is 5.79. The Morgan fingerprint density at radius 3 is 2.40 bits per heavy atom. The van der Waals surface area contributed by atoms with Crippen LogP contribution in [0.3, 0.4) is 0 Å². The molecule has 0 fully saturated rings. The maximum absolute atomic E-state index is 13.0. The molecule has 1 amide bonds. The molecule has 1 aliphatic heterocycles. The molecule has 30 heavy (non-hydrogen) atoms. The monoisotopic (exact) mass is 401 g/mol. The second-order valence-corrected chi connectivity index (χ2v) is 7.78. The molecule has 0 bridgehead atoms. The van der Waals surface area contributed by atoms with Crippen molar-refractivity contribution < 1.29 is 19.4 Å². The first-order valence-corrected chi connectivity index (χ1v) is 10.2. The lowest BCUT2D eigenvalue weighted by atomic mass is 9.96. The van der Waals surface area contributed by atoms with Gasteiger partial charge in [-0.2, -0.15) is 0 Å². The van der Waals surface area contributed by atoms with Crippen LogP contribution in [0, 0.1) is 0 Å². The molecule has 0 saturated carbocycles. The van der Waals surface area contributed by atoms with Crippen molar-refractivity contribution in [1.82, 2.24) is 4.90 Å². The summed E-state index contributed by atoms with van der Waals surface area (Å²) in [6.07, 6.45) is -0.474. The fraction of sp³-hybridized carbons (Fsp3) is 0.240. The van der Waals surface area contributed by atoms with Crippen LogP contribution >= 0.6 is 0 Å². The van der Waals surface area contributed by atoms with Crippen molar-refractivity contribution in [2.75, 3.05) is 20.2 Å². The molecule has 5 nitrogen and oxygen atoms in total. The molecule has 2 aliphatic rings. The summed E-state index contributed by atoms with van der Waals surface area (Å²) in [5.41, 5.74) is 6.02. The van der Waals surface area contributed by atoms with Gasteiger partial charge in [-0.25, -0.2) is 4.79 Å². The fourth-order valence-electron chi connectivity index (χ4n) is 4.48. The fourth-order valence-corrected chi connectivity index (χ4v) is 4.48. The summed E-state index contributed by atoms with van der Waals surface area (Å²) in [4.78, 5) is 14.5. The number of fused-ring (bicyclic) bond motifs is 4. The zero-order chi connectivity index (χ0) is 20.7. The lowest BCUT2D eigenvalue weighted by Crippen LogP contribution is -2.34. The summed E-state index contributed by atoms with van der Waals surface area (Å²) in [5.74, 6) is 0.206. The molecule has 0 aromatic heterocycles. The van der Waals surface area contributed by atoms with Gasteiger partial charge in [0.25, 0.3) is 0 Å². The zero-order valence-electron chi connectivity index (χ0n) is 16.7. The Labute approximate surface area is 175 Å². The predicted octanol–water partition coefficient (Wildman–Crippen LogP) is 4.84. The molecule has 0 saturated heterocycles. The Balaban J connectivity index is 1.36. The highest BCUT2D eigenvalue weighted by Crippen LogP contribution is 2.45. The number of carbonyl (C=O) groups excluding carboxylic acids is 1. The Morgan fingerprint density at radius 1 is 1.03 bits per heavy atom. The average molecular weight is 401 g/mol. The van der Waals surface area contributed by atoms with Crippen LogP contribution in [-0.4, -0.2) is 36.3 Å². The van der Waals surface area contributed by atoms with Gasteiger partial charge in [-0.15, -0.1) is 0 Å². The number of phenols is 1. The van der Waals surface area contributed by atoms with Crippen molar-refractivity contribution >= 4 is 6.09 Å². The average Bonchev–Trinajstić information content (AvgIpc) is 3.08. The quantitative estimate of drug-likeness (QED) is 0.682. The molecule has 1 heterocycles. The molecule has 152 valence electrons. The van der Waals surface area contributed by atoms with Gasteiger partial charge in [-0.3, -0.25) is 0 Å². The normalized spacial score (nSPS) is 17.0. The van der Waals surface area contributed by atoms with Crippen LogP contribution in [0.15, 0.2) is 66.7 Å². The van der Waals surface area contributed by atoms with Crippen LogP contribution in [0.4, 0.5) is 4.79 Å². The topological polar surface area (TPSA) is 59.0 Å². The highest BCUT2D eigenvalue weighted by atomic mass is 16.6. The van der Waals surface area contributed by atoms with E-state index in [4.69, 9.17) is 9.47 Å². The summed E-state index contributed by atoms with van der Waals surface area (Å²) in [6.45, 7) is 0.868. The number of hydrogen-bond donors (Lipinski definition) is 1. The van der Waals surface area contributed by atoms with Crippen LogP contribution in [0.2, 0.25) is 0 Å². The van der Waals surface area contributed by atoms with Gasteiger partial charge < -0.3 is 19.5 Å². The number of hydrogen-bond acceptors (Lipinski definition) is 4. The standard InChI is InChI=1S/C25H23NO4/c1-26(15-22-23-16(13-14-29-22)7-6-12-21(23)27)25(28)30-24-19-10-4-2-8-17(19)18-9-3-5-11-20(18)24/h2-12,22,24,27H,13-15H2,1H3. The maximum atomic E-state index is 13.0. The van der Waals surface area contributed by atoms with Crippen molar-refractivity contribution in [1.29, 1.82) is 0 Å². The summed E-state index contributed by atoms with van der Waals surface area (Å²) in [6, 6.07) is 21.5. The summed E-state index contributed by atoms with van der Waals surface area (Å²) in [7, 11) is 1.70. The van der Waals surface area contributed by atoms with E-state index >= 15 is 0 Å². The summed E-state index contributed by atoms with van der Waals surface area (Å²) >= 11 is 0. The van der Waals surface area contributed by atoms with Crippen molar-refractivity contribution in [2.45, 2.75) is 18.6 Å². The highest BCUT2D eigenvalue weighted by Gasteiger charge is 2.33.